The minimum Gasteiger partial charge on any atom is -0.479 e. The Morgan fingerprint density at radius 2 is 2.07 bits per heavy atom. The molecular weight excluding hydrogens is 354 g/mol. The molecule has 6 nitrogen and oxygen atoms in total. The molecule has 1 aliphatic rings. The van der Waals surface area contributed by atoms with Crippen LogP contribution in [0.2, 0.25) is 0 Å². The summed E-state index contributed by atoms with van der Waals surface area (Å²) in [5.41, 5.74) is 3.90. The summed E-state index contributed by atoms with van der Waals surface area (Å²) in [5, 5.41) is 4.09. The normalized spacial score (nSPS) is 16.0. The van der Waals surface area contributed by atoms with Crippen LogP contribution in [0.25, 0.3) is 10.9 Å². The van der Waals surface area contributed by atoms with Crippen molar-refractivity contribution in [3.63, 3.8) is 0 Å². The van der Waals surface area contributed by atoms with E-state index in [1.165, 1.54) is 10.3 Å². The zero-order valence-electron chi connectivity index (χ0n) is 16.0. The third kappa shape index (κ3) is 3.45. The predicted molar refractivity (Wildman–Crippen MR) is 109 cm³/mol. The van der Waals surface area contributed by atoms with E-state index in [9.17, 15) is 9.59 Å². The lowest BCUT2D eigenvalue weighted by atomic mass is 10.1. The fourth-order valence-corrected chi connectivity index (χ4v) is 3.55. The third-order valence-electron chi connectivity index (χ3n) is 5.02. The lowest BCUT2D eigenvalue weighted by Gasteiger charge is -2.32. The molecule has 1 atom stereocenters. The lowest BCUT2D eigenvalue weighted by molar-refractivity contribution is -0.128. The number of H-pyrrole nitrogens is 1. The zero-order valence-corrected chi connectivity index (χ0v) is 16.0. The first kappa shape index (κ1) is 18.1. The SMILES string of the molecule is Cc1ccc2c(c1)N(CC(=O)NCCc1c[nH]c3ccccc13)C(=O)C(C)O2. The molecule has 2 N–H and O–H groups in total. The zero-order chi connectivity index (χ0) is 19.7. The summed E-state index contributed by atoms with van der Waals surface area (Å²) in [6.07, 6.45) is 2.09. The van der Waals surface area contributed by atoms with E-state index in [0.717, 1.165) is 23.1 Å². The number of benzene rings is 2. The molecule has 0 bridgehead atoms. The highest BCUT2D eigenvalue weighted by Gasteiger charge is 2.32. The summed E-state index contributed by atoms with van der Waals surface area (Å²) in [6, 6.07) is 13.7. The number of aryl methyl sites for hydroxylation is 1. The van der Waals surface area contributed by atoms with Gasteiger partial charge in [0.05, 0.1) is 5.69 Å². The molecule has 0 saturated carbocycles. The minimum atomic E-state index is -0.603. The van der Waals surface area contributed by atoms with Crippen LogP contribution in [0.4, 0.5) is 5.69 Å². The highest BCUT2D eigenvalue weighted by molar-refractivity contribution is 6.03. The number of nitrogens with one attached hydrogen (secondary N) is 2. The van der Waals surface area contributed by atoms with Crippen LogP contribution < -0.4 is 15.0 Å². The number of para-hydroxylation sites is 1. The molecule has 6 heteroatoms. The average Bonchev–Trinajstić information content (AvgIpc) is 3.09. The van der Waals surface area contributed by atoms with Crippen LogP contribution in [0.5, 0.6) is 5.75 Å². The Morgan fingerprint density at radius 1 is 1.25 bits per heavy atom. The molecule has 0 radical (unpaired) electrons. The fourth-order valence-electron chi connectivity index (χ4n) is 3.55. The highest BCUT2D eigenvalue weighted by Crippen LogP contribution is 2.34. The molecule has 1 unspecified atom stereocenters. The van der Waals surface area contributed by atoms with Crippen molar-refractivity contribution in [2.75, 3.05) is 18.0 Å². The van der Waals surface area contributed by atoms with Crippen LogP contribution in [-0.2, 0) is 16.0 Å². The second-order valence-corrected chi connectivity index (χ2v) is 7.12. The summed E-state index contributed by atoms with van der Waals surface area (Å²) < 4.78 is 5.66. The number of aromatic nitrogens is 1. The Balaban J connectivity index is 1.41. The first-order valence-electron chi connectivity index (χ1n) is 9.43. The topological polar surface area (TPSA) is 74.4 Å². The standard InChI is InChI=1S/C22H23N3O3/c1-14-7-8-20-19(11-14)25(22(27)15(2)28-20)13-21(26)23-10-9-16-12-24-18-6-4-3-5-17(16)18/h3-8,11-12,15,24H,9-10,13H2,1-2H3,(H,23,26). The van der Waals surface area contributed by atoms with Gasteiger partial charge in [0.1, 0.15) is 12.3 Å². The van der Waals surface area contributed by atoms with E-state index < -0.39 is 6.10 Å². The molecule has 2 aromatic carbocycles. The number of carbonyl (C=O) groups excluding carboxylic acids is 2. The van der Waals surface area contributed by atoms with Crippen LogP contribution in [0.3, 0.4) is 0 Å². The largest absolute Gasteiger partial charge is 0.479 e. The van der Waals surface area contributed by atoms with Gasteiger partial charge in [-0.15, -0.1) is 0 Å². The maximum atomic E-state index is 12.6. The Kier molecular flexibility index (Phi) is 4.77. The van der Waals surface area contributed by atoms with E-state index in [0.29, 0.717) is 18.0 Å². The predicted octanol–water partition coefficient (Wildman–Crippen LogP) is 2.95. The molecule has 4 rings (SSSR count). The fraction of sp³-hybridized carbons (Fsp3) is 0.273. The number of ether oxygens (including phenoxy) is 1. The number of rotatable bonds is 5. The number of carbonyl (C=O) groups is 2. The van der Waals surface area contributed by atoms with Crippen molar-refractivity contribution in [2.24, 2.45) is 0 Å². The summed E-state index contributed by atoms with van der Waals surface area (Å²) in [5.74, 6) is 0.240. The van der Waals surface area contributed by atoms with Crippen molar-refractivity contribution in [1.82, 2.24) is 10.3 Å². The Labute approximate surface area is 163 Å². The van der Waals surface area contributed by atoms with Crippen LogP contribution >= 0.6 is 0 Å². The van der Waals surface area contributed by atoms with Crippen molar-refractivity contribution in [3.05, 3.63) is 59.8 Å². The molecule has 2 heterocycles. The summed E-state index contributed by atoms with van der Waals surface area (Å²) in [6.45, 7) is 4.14. The Hall–Kier alpha value is -3.28. The number of hydrogen-bond donors (Lipinski definition) is 2. The molecule has 0 saturated heterocycles. The quantitative estimate of drug-likeness (QED) is 0.718. The minimum absolute atomic E-state index is 0.0170. The molecule has 144 valence electrons. The van der Waals surface area contributed by atoms with Crippen molar-refractivity contribution >= 4 is 28.4 Å². The molecule has 2 amide bonds. The van der Waals surface area contributed by atoms with Gasteiger partial charge in [0.25, 0.3) is 5.91 Å². The number of hydrogen-bond acceptors (Lipinski definition) is 3. The molecular formula is C22H23N3O3. The summed E-state index contributed by atoms with van der Waals surface area (Å²) in [7, 11) is 0. The molecule has 28 heavy (non-hydrogen) atoms. The number of aromatic amines is 1. The van der Waals surface area contributed by atoms with Crippen LogP contribution in [0.15, 0.2) is 48.7 Å². The lowest BCUT2D eigenvalue weighted by Crippen LogP contribution is -2.49. The van der Waals surface area contributed by atoms with Crippen molar-refractivity contribution in [3.8, 4) is 5.75 Å². The van der Waals surface area contributed by atoms with Crippen molar-refractivity contribution in [2.45, 2.75) is 26.4 Å². The second kappa shape index (κ2) is 7.38. The van der Waals surface area contributed by atoms with Crippen LogP contribution in [0.1, 0.15) is 18.1 Å². The van der Waals surface area contributed by atoms with E-state index >= 15 is 0 Å². The van der Waals surface area contributed by atoms with Gasteiger partial charge in [0.15, 0.2) is 6.10 Å². The van der Waals surface area contributed by atoms with Crippen LogP contribution in [0, 0.1) is 6.92 Å². The number of fused-ring (bicyclic) bond motifs is 2. The van der Waals surface area contributed by atoms with E-state index in [2.05, 4.69) is 16.4 Å². The van der Waals surface area contributed by atoms with Gasteiger partial charge < -0.3 is 15.0 Å². The second-order valence-electron chi connectivity index (χ2n) is 7.12. The van der Waals surface area contributed by atoms with E-state index in [1.807, 2.05) is 49.5 Å². The Bertz CT molecular complexity index is 1040. The van der Waals surface area contributed by atoms with Gasteiger partial charge in [-0.2, -0.15) is 0 Å². The number of amides is 2. The van der Waals surface area contributed by atoms with E-state index in [-0.39, 0.29) is 18.4 Å². The Morgan fingerprint density at radius 3 is 2.93 bits per heavy atom. The first-order valence-corrected chi connectivity index (χ1v) is 9.43. The number of nitrogens with zero attached hydrogens (tertiary/aromatic N) is 1. The highest BCUT2D eigenvalue weighted by atomic mass is 16.5. The maximum absolute atomic E-state index is 12.6. The molecule has 0 aliphatic carbocycles. The van der Waals surface area contributed by atoms with E-state index in [1.54, 1.807) is 6.92 Å². The summed E-state index contributed by atoms with van der Waals surface area (Å²) in [4.78, 5) is 29.8. The first-order chi connectivity index (χ1) is 13.5. The number of anilines is 1. The molecule has 1 aromatic heterocycles. The van der Waals surface area contributed by atoms with Crippen molar-refractivity contribution in [1.29, 1.82) is 0 Å². The molecule has 3 aromatic rings. The van der Waals surface area contributed by atoms with Crippen LogP contribution in [-0.4, -0.2) is 36.0 Å². The van der Waals surface area contributed by atoms with Gasteiger partial charge in [-0.3, -0.25) is 14.5 Å². The van der Waals surface area contributed by atoms with Gasteiger partial charge in [-0.05, 0) is 49.6 Å². The van der Waals surface area contributed by atoms with Crippen molar-refractivity contribution < 1.29 is 14.3 Å². The average molecular weight is 377 g/mol. The van der Waals surface area contributed by atoms with E-state index in [4.69, 9.17) is 4.74 Å². The van der Waals surface area contributed by atoms with Gasteiger partial charge >= 0.3 is 0 Å². The summed E-state index contributed by atoms with van der Waals surface area (Å²) >= 11 is 0. The van der Waals surface area contributed by atoms with Gasteiger partial charge in [0, 0.05) is 23.6 Å². The van der Waals surface area contributed by atoms with Gasteiger partial charge in [0.2, 0.25) is 5.91 Å². The molecule has 1 aliphatic heterocycles. The third-order valence-corrected chi connectivity index (χ3v) is 5.02. The van der Waals surface area contributed by atoms with Gasteiger partial charge in [-0.1, -0.05) is 24.3 Å². The maximum Gasteiger partial charge on any atom is 0.268 e. The molecule has 0 fully saturated rings. The molecule has 0 spiro atoms. The van der Waals surface area contributed by atoms with Gasteiger partial charge in [-0.25, -0.2) is 0 Å². The monoisotopic (exact) mass is 377 g/mol. The smallest absolute Gasteiger partial charge is 0.268 e.